The smallest absolute Gasteiger partial charge is 0.128 e. The number of pyridine rings is 2. The fourth-order valence-corrected chi connectivity index (χ4v) is 3.36. The number of methoxy groups -OCH3 is 1. The summed E-state index contributed by atoms with van der Waals surface area (Å²) in [4.78, 5) is 8.66. The van der Waals surface area contributed by atoms with E-state index in [1.807, 2.05) is 43.3 Å². The van der Waals surface area contributed by atoms with Gasteiger partial charge in [-0.05, 0) is 60.5 Å². The van der Waals surface area contributed by atoms with Crippen LogP contribution in [0.3, 0.4) is 0 Å². The fraction of sp³-hybridized carbons (Fsp3) is 0.130. The van der Waals surface area contributed by atoms with Crippen molar-refractivity contribution in [3.8, 4) is 45.5 Å². The van der Waals surface area contributed by atoms with Gasteiger partial charge in [0.15, 0.2) is 0 Å². The molecule has 0 unspecified atom stereocenters. The maximum atomic E-state index is 9.27. The van der Waals surface area contributed by atoms with E-state index in [0.717, 1.165) is 45.0 Å². The van der Waals surface area contributed by atoms with Gasteiger partial charge in [0.25, 0.3) is 0 Å². The van der Waals surface area contributed by atoms with Crippen molar-refractivity contribution >= 4 is 0 Å². The quantitative estimate of drug-likeness (QED) is 0.508. The van der Waals surface area contributed by atoms with Crippen LogP contribution in [0, 0.1) is 18.3 Å². The predicted molar refractivity (Wildman–Crippen MR) is 111 cm³/mol. The van der Waals surface area contributed by atoms with Gasteiger partial charge in [0.2, 0.25) is 0 Å². The minimum atomic E-state index is 0.159. The van der Waals surface area contributed by atoms with Crippen molar-refractivity contribution in [2.24, 2.45) is 0 Å². The van der Waals surface area contributed by atoms with Crippen LogP contribution >= 0.6 is 0 Å². The maximum Gasteiger partial charge on any atom is 0.128 e. The van der Waals surface area contributed by atoms with E-state index >= 15 is 0 Å². The molecular formula is C23H19N5O. The number of benzene rings is 1. The zero-order chi connectivity index (χ0) is 20.2. The fourth-order valence-electron chi connectivity index (χ4n) is 3.36. The molecule has 0 aliphatic carbocycles. The van der Waals surface area contributed by atoms with Crippen molar-refractivity contribution in [1.29, 1.82) is 5.26 Å². The van der Waals surface area contributed by atoms with Crippen LogP contribution in [0.4, 0.5) is 0 Å². The van der Waals surface area contributed by atoms with Crippen LogP contribution < -0.4 is 4.74 Å². The summed E-state index contributed by atoms with van der Waals surface area (Å²) in [5, 5.41) is 13.7. The first-order valence-corrected chi connectivity index (χ1v) is 9.15. The molecule has 6 nitrogen and oxygen atoms in total. The van der Waals surface area contributed by atoms with Gasteiger partial charge >= 0.3 is 0 Å². The van der Waals surface area contributed by atoms with E-state index in [4.69, 9.17) is 4.74 Å². The lowest BCUT2D eigenvalue weighted by Crippen LogP contribution is -2.01. The number of hydrogen-bond acceptors (Lipinski definition) is 5. The third kappa shape index (κ3) is 3.71. The van der Waals surface area contributed by atoms with Gasteiger partial charge in [0.1, 0.15) is 12.3 Å². The Bertz CT molecular complexity index is 1190. The van der Waals surface area contributed by atoms with Crippen molar-refractivity contribution in [1.82, 2.24) is 19.7 Å². The molecule has 142 valence electrons. The van der Waals surface area contributed by atoms with Crippen LogP contribution in [0.2, 0.25) is 0 Å². The number of rotatable bonds is 5. The molecule has 0 aliphatic rings. The van der Waals surface area contributed by atoms with Crippen LogP contribution in [0.25, 0.3) is 33.6 Å². The monoisotopic (exact) mass is 381 g/mol. The first kappa shape index (κ1) is 18.4. The lowest BCUT2D eigenvalue weighted by Gasteiger charge is -2.11. The van der Waals surface area contributed by atoms with E-state index in [2.05, 4.69) is 27.2 Å². The summed E-state index contributed by atoms with van der Waals surface area (Å²) in [5.74, 6) is 0.765. The highest BCUT2D eigenvalue weighted by atomic mass is 16.5. The van der Waals surface area contributed by atoms with Gasteiger partial charge in [-0.2, -0.15) is 10.4 Å². The third-order valence-electron chi connectivity index (χ3n) is 4.65. The van der Waals surface area contributed by atoms with Gasteiger partial charge in [-0.25, -0.2) is 0 Å². The maximum absolute atomic E-state index is 9.27. The summed E-state index contributed by atoms with van der Waals surface area (Å²) in [6.07, 6.45) is 7.10. The standard InChI is InChI=1S/C23H19N5O/c1-16-10-19(12-20(11-16)29-2)23-21(15-27-28(23)9-6-24)17-5-8-26-22(13-17)18-4-3-7-25-14-18/h3-5,7-8,10-15H,9H2,1-2H3. The lowest BCUT2D eigenvalue weighted by atomic mass is 9.99. The Kier molecular flexibility index (Phi) is 5.04. The molecule has 4 rings (SSSR count). The zero-order valence-electron chi connectivity index (χ0n) is 16.2. The van der Waals surface area contributed by atoms with E-state index in [1.165, 1.54) is 0 Å². The second kappa shape index (κ2) is 7.95. The Morgan fingerprint density at radius 3 is 2.69 bits per heavy atom. The molecule has 3 heterocycles. The van der Waals surface area contributed by atoms with Gasteiger partial charge in [-0.15, -0.1) is 0 Å². The molecule has 6 heteroatoms. The van der Waals surface area contributed by atoms with E-state index in [0.29, 0.717) is 0 Å². The number of hydrogen-bond donors (Lipinski definition) is 0. The highest BCUT2D eigenvalue weighted by molar-refractivity contribution is 5.83. The molecule has 0 saturated carbocycles. The molecule has 0 radical (unpaired) electrons. The molecule has 0 bridgehead atoms. The van der Waals surface area contributed by atoms with Gasteiger partial charge < -0.3 is 4.74 Å². The predicted octanol–water partition coefficient (Wildman–Crippen LogP) is 4.51. The van der Waals surface area contributed by atoms with Crippen LogP contribution in [0.15, 0.2) is 67.3 Å². The first-order valence-electron chi connectivity index (χ1n) is 9.15. The van der Waals surface area contributed by atoms with E-state index in [-0.39, 0.29) is 6.54 Å². The van der Waals surface area contributed by atoms with Gasteiger partial charge in [0.05, 0.1) is 30.8 Å². The summed E-state index contributed by atoms with van der Waals surface area (Å²) < 4.78 is 7.16. The molecule has 29 heavy (non-hydrogen) atoms. The minimum absolute atomic E-state index is 0.159. The summed E-state index contributed by atoms with van der Waals surface area (Å²) in [6, 6.07) is 16.0. The third-order valence-corrected chi connectivity index (χ3v) is 4.65. The van der Waals surface area contributed by atoms with E-state index in [9.17, 15) is 5.26 Å². The van der Waals surface area contributed by atoms with Crippen LogP contribution in [-0.2, 0) is 6.54 Å². The number of nitrogens with zero attached hydrogens (tertiary/aromatic N) is 5. The van der Waals surface area contributed by atoms with Crippen LogP contribution in [0.1, 0.15) is 5.56 Å². The summed E-state index contributed by atoms with van der Waals surface area (Å²) in [5.41, 5.74) is 6.56. The van der Waals surface area contributed by atoms with Crippen molar-refractivity contribution < 1.29 is 4.74 Å². The van der Waals surface area contributed by atoms with E-state index in [1.54, 1.807) is 36.6 Å². The Labute approximate surface area is 169 Å². The summed E-state index contributed by atoms with van der Waals surface area (Å²) in [6.45, 7) is 2.18. The molecule has 0 amide bonds. The van der Waals surface area contributed by atoms with Crippen molar-refractivity contribution in [2.75, 3.05) is 7.11 Å². The van der Waals surface area contributed by atoms with Crippen molar-refractivity contribution in [3.05, 3.63) is 72.8 Å². The minimum Gasteiger partial charge on any atom is -0.497 e. The molecule has 0 spiro atoms. The highest BCUT2D eigenvalue weighted by Crippen LogP contribution is 2.35. The topological polar surface area (TPSA) is 76.6 Å². The summed E-state index contributed by atoms with van der Waals surface area (Å²) in [7, 11) is 1.65. The molecule has 0 N–H and O–H groups in total. The lowest BCUT2D eigenvalue weighted by molar-refractivity contribution is 0.414. The number of ether oxygens (including phenoxy) is 1. The number of aryl methyl sites for hydroxylation is 1. The van der Waals surface area contributed by atoms with Crippen molar-refractivity contribution in [3.63, 3.8) is 0 Å². The summed E-state index contributed by atoms with van der Waals surface area (Å²) >= 11 is 0. The molecule has 3 aromatic heterocycles. The Morgan fingerprint density at radius 2 is 1.93 bits per heavy atom. The van der Waals surface area contributed by atoms with E-state index < -0.39 is 0 Å². The molecule has 0 aliphatic heterocycles. The number of aromatic nitrogens is 4. The molecule has 0 atom stereocenters. The first-order chi connectivity index (χ1) is 14.2. The Morgan fingerprint density at radius 1 is 1.03 bits per heavy atom. The van der Waals surface area contributed by atoms with Gasteiger partial charge in [-0.1, -0.05) is 0 Å². The molecular weight excluding hydrogens is 362 g/mol. The second-order valence-electron chi connectivity index (χ2n) is 6.63. The van der Waals surface area contributed by atoms with Crippen LogP contribution in [0.5, 0.6) is 5.75 Å². The Hall–Kier alpha value is -3.98. The largest absolute Gasteiger partial charge is 0.497 e. The second-order valence-corrected chi connectivity index (χ2v) is 6.63. The van der Waals surface area contributed by atoms with Crippen molar-refractivity contribution in [2.45, 2.75) is 13.5 Å². The SMILES string of the molecule is COc1cc(C)cc(-c2c(-c3ccnc(-c4cccnc4)c3)cnn2CC#N)c1. The average molecular weight is 381 g/mol. The normalized spacial score (nSPS) is 10.5. The molecule has 0 fully saturated rings. The molecule has 0 saturated heterocycles. The van der Waals surface area contributed by atoms with Gasteiger partial charge in [-0.3, -0.25) is 14.6 Å². The zero-order valence-corrected chi connectivity index (χ0v) is 16.2. The highest BCUT2D eigenvalue weighted by Gasteiger charge is 2.17. The average Bonchev–Trinajstić information content (AvgIpc) is 3.18. The number of nitriles is 1. The Balaban J connectivity index is 1.88. The molecule has 4 aromatic rings. The van der Waals surface area contributed by atoms with Gasteiger partial charge in [0, 0.05) is 35.3 Å². The van der Waals surface area contributed by atoms with Crippen LogP contribution in [-0.4, -0.2) is 26.9 Å². The molecule has 1 aromatic carbocycles.